The summed E-state index contributed by atoms with van der Waals surface area (Å²) in [7, 11) is 0. The Labute approximate surface area is 99.3 Å². The number of hydrogen-bond acceptors (Lipinski definition) is 1. The van der Waals surface area contributed by atoms with Gasteiger partial charge in [0.1, 0.15) is 0 Å². The molecule has 0 amide bonds. The van der Waals surface area contributed by atoms with Gasteiger partial charge in [-0.05, 0) is 18.4 Å². The van der Waals surface area contributed by atoms with Gasteiger partial charge in [0.25, 0.3) is 0 Å². The van der Waals surface area contributed by atoms with E-state index in [0.29, 0.717) is 0 Å². The van der Waals surface area contributed by atoms with Crippen molar-refractivity contribution in [2.24, 2.45) is 0 Å². The molecule has 0 aliphatic carbocycles. The van der Waals surface area contributed by atoms with Crippen LogP contribution in [0.4, 0.5) is 0 Å². The van der Waals surface area contributed by atoms with Gasteiger partial charge in [-0.1, -0.05) is 62.9 Å². The second kappa shape index (κ2) is 6.05. The normalized spacial score (nSPS) is 23.3. The van der Waals surface area contributed by atoms with Crippen LogP contribution in [0.2, 0.25) is 0 Å². The van der Waals surface area contributed by atoms with Crippen molar-refractivity contribution in [3.8, 4) is 0 Å². The van der Waals surface area contributed by atoms with Gasteiger partial charge in [0.05, 0.1) is 0 Å². The Morgan fingerprint density at radius 1 is 1.00 bits per heavy atom. The van der Waals surface area contributed by atoms with Crippen LogP contribution in [0.3, 0.4) is 0 Å². The first-order chi connectivity index (χ1) is 7.90. The first-order valence-corrected chi connectivity index (χ1v) is 6.70. The van der Waals surface area contributed by atoms with Crippen molar-refractivity contribution in [3.63, 3.8) is 0 Å². The van der Waals surface area contributed by atoms with E-state index in [9.17, 15) is 0 Å². The van der Waals surface area contributed by atoms with Gasteiger partial charge in [0.2, 0.25) is 0 Å². The topological polar surface area (TPSA) is 21.9 Å². The lowest BCUT2D eigenvalue weighted by atomic mass is 10.0. The van der Waals surface area contributed by atoms with Crippen LogP contribution in [-0.4, -0.2) is 12.1 Å². The molecule has 1 aliphatic heterocycles. The van der Waals surface area contributed by atoms with Gasteiger partial charge >= 0.3 is 0 Å². The number of nitrogens with one attached hydrogen (secondary N) is 1. The minimum absolute atomic E-state index is 0.754. The Balaban J connectivity index is 1.61. The summed E-state index contributed by atoms with van der Waals surface area (Å²) in [6.45, 7) is 2.27. The fourth-order valence-electron chi connectivity index (χ4n) is 2.36. The maximum atomic E-state index is 3.59. The lowest BCUT2D eigenvalue weighted by molar-refractivity contribution is 0.620. The summed E-state index contributed by atoms with van der Waals surface area (Å²) in [6.07, 6.45) is 8.13. The van der Waals surface area contributed by atoms with Gasteiger partial charge in [0.15, 0.2) is 0 Å². The number of benzene rings is 1. The summed E-state index contributed by atoms with van der Waals surface area (Å²) in [4.78, 5) is 0. The Morgan fingerprint density at radius 2 is 1.81 bits per heavy atom. The van der Waals surface area contributed by atoms with E-state index in [1.807, 2.05) is 0 Å². The van der Waals surface area contributed by atoms with Crippen LogP contribution in [0.15, 0.2) is 30.3 Å². The second-order valence-corrected chi connectivity index (χ2v) is 4.92. The third kappa shape index (κ3) is 3.64. The van der Waals surface area contributed by atoms with Crippen LogP contribution in [0.5, 0.6) is 0 Å². The Hall–Kier alpha value is -0.820. The quantitative estimate of drug-likeness (QED) is 0.547. The van der Waals surface area contributed by atoms with Gasteiger partial charge in [-0.2, -0.15) is 0 Å². The fraction of sp³-hybridized carbons (Fsp3) is 0.600. The first kappa shape index (κ1) is 11.7. The van der Waals surface area contributed by atoms with Crippen molar-refractivity contribution in [3.05, 3.63) is 35.9 Å². The summed E-state index contributed by atoms with van der Waals surface area (Å²) < 4.78 is 0. The van der Waals surface area contributed by atoms with E-state index in [-0.39, 0.29) is 0 Å². The van der Waals surface area contributed by atoms with Gasteiger partial charge in [-0.15, -0.1) is 0 Å². The molecule has 0 aromatic heterocycles. The predicted octanol–water partition coefficient (Wildman–Crippen LogP) is 3.54. The fourth-order valence-corrected chi connectivity index (χ4v) is 2.36. The zero-order valence-electron chi connectivity index (χ0n) is 10.3. The van der Waals surface area contributed by atoms with Crippen molar-refractivity contribution in [2.45, 2.75) is 57.5 Å². The molecule has 16 heavy (non-hydrogen) atoms. The van der Waals surface area contributed by atoms with Gasteiger partial charge in [-0.3, -0.25) is 0 Å². The van der Waals surface area contributed by atoms with Gasteiger partial charge in [0, 0.05) is 12.1 Å². The summed E-state index contributed by atoms with van der Waals surface area (Å²) in [5.41, 5.74) is 1.47. The molecule has 2 rings (SSSR count). The summed E-state index contributed by atoms with van der Waals surface area (Å²) in [5.74, 6) is 0. The van der Waals surface area contributed by atoms with E-state index in [0.717, 1.165) is 12.1 Å². The van der Waals surface area contributed by atoms with Crippen molar-refractivity contribution < 1.29 is 0 Å². The van der Waals surface area contributed by atoms with Gasteiger partial charge in [-0.25, -0.2) is 0 Å². The highest BCUT2D eigenvalue weighted by molar-refractivity contribution is 5.18. The average Bonchev–Trinajstić information content (AvgIpc) is 3.04. The van der Waals surface area contributed by atoms with E-state index < -0.39 is 0 Å². The van der Waals surface area contributed by atoms with Crippen molar-refractivity contribution in [2.75, 3.05) is 0 Å². The molecular formula is C15H23N. The SMILES string of the molecule is CCCCCC[C@H]1N[C@H]1Cc1ccccc1. The molecule has 0 unspecified atom stereocenters. The minimum atomic E-state index is 0.754. The Bertz CT molecular complexity index is 294. The molecule has 0 radical (unpaired) electrons. The highest BCUT2D eigenvalue weighted by Crippen LogP contribution is 2.22. The molecule has 1 N–H and O–H groups in total. The highest BCUT2D eigenvalue weighted by atomic mass is 15.1. The van der Waals surface area contributed by atoms with E-state index >= 15 is 0 Å². The van der Waals surface area contributed by atoms with Gasteiger partial charge < -0.3 is 5.32 Å². The molecular weight excluding hydrogens is 194 g/mol. The minimum Gasteiger partial charge on any atom is -0.308 e. The van der Waals surface area contributed by atoms with Crippen LogP contribution in [0, 0.1) is 0 Å². The van der Waals surface area contributed by atoms with E-state index in [1.54, 1.807) is 0 Å². The predicted molar refractivity (Wildman–Crippen MR) is 69.6 cm³/mol. The van der Waals surface area contributed by atoms with E-state index in [1.165, 1.54) is 44.1 Å². The molecule has 2 atom stereocenters. The Kier molecular flexibility index (Phi) is 4.41. The second-order valence-electron chi connectivity index (χ2n) is 4.92. The van der Waals surface area contributed by atoms with Crippen LogP contribution in [0.1, 0.15) is 44.6 Å². The molecule has 1 heteroatoms. The van der Waals surface area contributed by atoms with E-state index in [4.69, 9.17) is 0 Å². The number of rotatable bonds is 7. The third-order valence-electron chi connectivity index (χ3n) is 3.47. The van der Waals surface area contributed by atoms with Crippen LogP contribution in [-0.2, 0) is 6.42 Å². The molecule has 1 saturated heterocycles. The summed E-state index contributed by atoms with van der Waals surface area (Å²) in [5, 5.41) is 3.59. The molecule has 1 nitrogen and oxygen atoms in total. The molecule has 1 fully saturated rings. The molecule has 1 heterocycles. The molecule has 0 spiro atoms. The standard InChI is InChI=1S/C15H23N/c1-2-3-4-8-11-14-15(16-14)12-13-9-6-5-7-10-13/h5-7,9-10,14-16H,2-4,8,11-12H2,1H3/t14-,15+/m1/s1. The Morgan fingerprint density at radius 3 is 2.56 bits per heavy atom. The van der Waals surface area contributed by atoms with Crippen molar-refractivity contribution >= 4 is 0 Å². The lowest BCUT2D eigenvalue weighted by Gasteiger charge is -1.99. The lowest BCUT2D eigenvalue weighted by Crippen LogP contribution is -1.98. The van der Waals surface area contributed by atoms with Crippen molar-refractivity contribution in [1.29, 1.82) is 0 Å². The molecule has 1 aromatic rings. The average molecular weight is 217 g/mol. The molecule has 0 saturated carbocycles. The number of hydrogen-bond donors (Lipinski definition) is 1. The zero-order chi connectivity index (χ0) is 11.2. The largest absolute Gasteiger partial charge is 0.308 e. The maximum Gasteiger partial charge on any atom is 0.0264 e. The molecule has 1 aliphatic rings. The zero-order valence-corrected chi connectivity index (χ0v) is 10.3. The molecule has 1 aromatic carbocycles. The molecule has 88 valence electrons. The van der Waals surface area contributed by atoms with Crippen LogP contribution >= 0.6 is 0 Å². The maximum absolute atomic E-state index is 3.59. The van der Waals surface area contributed by atoms with Crippen molar-refractivity contribution in [1.82, 2.24) is 5.32 Å². The number of unbranched alkanes of at least 4 members (excludes halogenated alkanes) is 3. The summed E-state index contributed by atoms with van der Waals surface area (Å²) in [6, 6.07) is 12.4. The highest BCUT2D eigenvalue weighted by Gasteiger charge is 2.34. The van der Waals surface area contributed by atoms with Crippen LogP contribution < -0.4 is 5.32 Å². The summed E-state index contributed by atoms with van der Waals surface area (Å²) >= 11 is 0. The first-order valence-electron chi connectivity index (χ1n) is 6.70. The molecule has 0 bridgehead atoms. The monoisotopic (exact) mass is 217 g/mol. The van der Waals surface area contributed by atoms with E-state index in [2.05, 4.69) is 42.6 Å². The third-order valence-corrected chi connectivity index (χ3v) is 3.47. The van der Waals surface area contributed by atoms with Crippen LogP contribution in [0.25, 0.3) is 0 Å². The smallest absolute Gasteiger partial charge is 0.0264 e.